The topological polar surface area (TPSA) is 58.7 Å². The molecule has 0 saturated carbocycles. The van der Waals surface area contributed by atoms with E-state index in [4.69, 9.17) is 4.98 Å². The second-order valence-electron chi connectivity index (χ2n) is 10.5. The van der Waals surface area contributed by atoms with E-state index in [2.05, 4.69) is 32.5 Å². The van der Waals surface area contributed by atoms with E-state index in [0.717, 1.165) is 66.3 Å². The van der Waals surface area contributed by atoms with Gasteiger partial charge in [-0.1, -0.05) is 30.3 Å². The molecule has 0 atom stereocenters. The van der Waals surface area contributed by atoms with Crippen LogP contribution < -0.4 is 10.5 Å². The van der Waals surface area contributed by atoms with Crippen LogP contribution in [0.2, 0.25) is 0 Å². The highest BCUT2D eigenvalue weighted by atomic mass is 19.1. The zero-order valence-corrected chi connectivity index (χ0v) is 22.4. The number of hydrogen-bond acceptors (Lipinski definition) is 5. The first-order chi connectivity index (χ1) is 19.0. The number of rotatable bonds is 7. The SMILES string of the molecule is Cc1nc2ccccn2c(=O)c1CCN1CCC(N(C)c2nc3ccccc3n2Cc2ccc(F)cc2)CC1. The molecule has 4 heterocycles. The number of nitrogens with zero attached hydrogens (tertiary/aromatic N) is 6. The largest absolute Gasteiger partial charge is 0.342 e. The normalized spacial score (nSPS) is 14.8. The number of anilines is 1. The highest BCUT2D eigenvalue weighted by Gasteiger charge is 2.26. The maximum Gasteiger partial charge on any atom is 0.261 e. The van der Waals surface area contributed by atoms with E-state index in [9.17, 15) is 9.18 Å². The number of imidazole rings is 1. The van der Waals surface area contributed by atoms with Crippen molar-refractivity contribution >= 4 is 22.6 Å². The lowest BCUT2D eigenvalue weighted by Gasteiger charge is -2.37. The molecule has 39 heavy (non-hydrogen) atoms. The maximum absolute atomic E-state index is 13.5. The molecule has 8 heteroatoms. The number of pyridine rings is 1. The average Bonchev–Trinajstić information content (AvgIpc) is 3.32. The fraction of sp³-hybridized carbons (Fsp3) is 0.323. The van der Waals surface area contributed by atoms with Gasteiger partial charge in [-0.15, -0.1) is 0 Å². The summed E-state index contributed by atoms with van der Waals surface area (Å²) in [6.07, 6.45) is 4.52. The molecular formula is C31H33FN6O. The van der Waals surface area contributed by atoms with Crippen molar-refractivity contribution in [1.82, 2.24) is 23.8 Å². The van der Waals surface area contributed by atoms with Crippen LogP contribution in [0, 0.1) is 12.7 Å². The van der Waals surface area contributed by atoms with Crippen LogP contribution in [-0.2, 0) is 13.0 Å². The number of aryl methyl sites for hydroxylation is 1. The van der Waals surface area contributed by atoms with Crippen LogP contribution in [0.25, 0.3) is 16.7 Å². The maximum atomic E-state index is 13.5. The van der Waals surface area contributed by atoms with Gasteiger partial charge in [-0.25, -0.2) is 14.4 Å². The minimum Gasteiger partial charge on any atom is -0.342 e. The molecular weight excluding hydrogens is 491 g/mol. The van der Waals surface area contributed by atoms with Crippen molar-refractivity contribution in [3.05, 3.63) is 106 Å². The van der Waals surface area contributed by atoms with Crippen molar-refractivity contribution in [1.29, 1.82) is 0 Å². The van der Waals surface area contributed by atoms with Gasteiger partial charge < -0.3 is 14.4 Å². The van der Waals surface area contributed by atoms with E-state index >= 15 is 0 Å². The van der Waals surface area contributed by atoms with Crippen molar-refractivity contribution in [3.8, 4) is 0 Å². The number of benzene rings is 2. The highest BCUT2D eigenvalue weighted by molar-refractivity contribution is 5.79. The molecule has 1 fully saturated rings. The molecule has 1 aliphatic rings. The molecule has 200 valence electrons. The molecule has 0 unspecified atom stereocenters. The van der Waals surface area contributed by atoms with Gasteiger partial charge in [0.05, 0.1) is 17.6 Å². The van der Waals surface area contributed by atoms with Gasteiger partial charge in [0.1, 0.15) is 11.5 Å². The van der Waals surface area contributed by atoms with E-state index in [-0.39, 0.29) is 11.4 Å². The standard InChI is InChI=1S/C31H33FN6O/c1-22-26(30(39)37-17-6-5-9-29(37)33-22)16-20-36-18-14-25(15-19-36)35(2)31-34-27-7-3-4-8-28(27)38(31)21-23-10-12-24(32)13-11-23/h3-13,17,25H,14-16,18-21H2,1-2H3. The summed E-state index contributed by atoms with van der Waals surface area (Å²) in [5.41, 5.74) is 5.42. The third-order valence-electron chi connectivity index (χ3n) is 8.02. The van der Waals surface area contributed by atoms with Crippen LogP contribution in [0.15, 0.2) is 77.7 Å². The molecule has 0 amide bonds. The van der Waals surface area contributed by atoms with Crippen LogP contribution in [0.4, 0.5) is 10.3 Å². The first kappa shape index (κ1) is 25.2. The molecule has 7 nitrogen and oxygen atoms in total. The van der Waals surface area contributed by atoms with Gasteiger partial charge in [-0.2, -0.15) is 0 Å². The summed E-state index contributed by atoms with van der Waals surface area (Å²) in [6, 6.07) is 20.9. The minimum atomic E-state index is -0.226. The van der Waals surface area contributed by atoms with Gasteiger partial charge in [0.15, 0.2) is 0 Å². The average molecular weight is 525 g/mol. The van der Waals surface area contributed by atoms with Crippen LogP contribution in [-0.4, -0.2) is 56.6 Å². The smallest absolute Gasteiger partial charge is 0.261 e. The van der Waals surface area contributed by atoms with Crippen molar-refractivity contribution in [2.45, 2.75) is 38.8 Å². The van der Waals surface area contributed by atoms with Gasteiger partial charge in [-0.3, -0.25) is 9.20 Å². The zero-order chi connectivity index (χ0) is 26.9. The summed E-state index contributed by atoms with van der Waals surface area (Å²) in [6.45, 7) is 5.34. The van der Waals surface area contributed by atoms with Gasteiger partial charge >= 0.3 is 0 Å². The van der Waals surface area contributed by atoms with Crippen LogP contribution in [0.5, 0.6) is 0 Å². The number of likely N-dealkylation sites (tertiary alicyclic amines) is 1. The minimum absolute atomic E-state index is 0.0350. The Bertz CT molecular complexity index is 1670. The molecule has 0 spiro atoms. The zero-order valence-electron chi connectivity index (χ0n) is 22.4. The monoisotopic (exact) mass is 524 g/mol. The number of fused-ring (bicyclic) bond motifs is 2. The van der Waals surface area contributed by atoms with E-state index in [1.165, 1.54) is 12.1 Å². The van der Waals surface area contributed by atoms with E-state index in [1.54, 1.807) is 10.6 Å². The quantitative estimate of drug-likeness (QED) is 0.309. The van der Waals surface area contributed by atoms with Gasteiger partial charge in [0.25, 0.3) is 5.56 Å². The Morgan fingerprint density at radius 3 is 2.51 bits per heavy atom. The van der Waals surface area contributed by atoms with E-state index < -0.39 is 0 Å². The fourth-order valence-corrected chi connectivity index (χ4v) is 5.75. The first-order valence-electron chi connectivity index (χ1n) is 13.6. The summed E-state index contributed by atoms with van der Waals surface area (Å²) in [7, 11) is 2.13. The number of para-hydroxylation sites is 2. The van der Waals surface area contributed by atoms with Crippen molar-refractivity contribution in [2.24, 2.45) is 0 Å². The third kappa shape index (κ3) is 5.04. The molecule has 0 N–H and O–H groups in total. The molecule has 0 radical (unpaired) electrons. The second-order valence-corrected chi connectivity index (χ2v) is 10.5. The number of hydrogen-bond donors (Lipinski definition) is 0. The Balaban J connectivity index is 1.15. The molecule has 0 bridgehead atoms. The molecule has 1 saturated heterocycles. The van der Waals surface area contributed by atoms with Crippen LogP contribution in [0.3, 0.4) is 0 Å². The summed E-state index contributed by atoms with van der Waals surface area (Å²) < 4.78 is 17.4. The fourth-order valence-electron chi connectivity index (χ4n) is 5.75. The summed E-state index contributed by atoms with van der Waals surface area (Å²) in [5, 5.41) is 0. The summed E-state index contributed by atoms with van der Waals surface area (Å²) >= 11 is 0. The third-order valence-corrected chi connectivity index (χ3v) is 8.02. The molecule has 3 aromatic heterocycles. The van der Waals surface area contributed by atoms with Crippen LogP contribution >= 0.6 is 0 Å². The summed E-state index contributed by atoms with van der Waals surface area (Å²) in [4.78, 5) is 27.4. The molecule has 5 aromatic rings. The van der Waals surface area contributed by atoms with Crippen molar-refractivity contribution < 1.29 is 4.39 Å². The first-order valence-corrected chi connectivity index (χ1v) is 13.6. The lowest BCUT2D eigenvalue weighted by molar-refractivity contribution is 0.212. The molecule has 0 aliphatic carbocycles. The molecule has 1 aliphatic heterocycles. The molecule has 6 rings (SSSR count). The predicted molar refractivity (Wildman–Crippen MR) is 153 cm³/mol. The summed E-state index contributed by atoms with van der Waals surface area (Å²) in [5.74, 6) is 0.709. The predicted octanol–water partition coefficient (Wildman–Crippen LogP) is 4.68. The lowest BCUT2D eigenvalue weighted by Crippen LogP contribution is -2.45. The van der Waals surface area contributed by atoms with Gasteiger partial charge in [-0.05, 0) is 68.1 Å². The van der Waals surface area contributed by atoms with Crippen LogP contribution in [0.1, 0.15) is 29.7 Å². The number of halogens is 1. The van der Waals surface area contributed by atoms with Gasteiger partial charge in [0.2, 0.25) is 5.95 Å². The number of aromatic nitrogens is 4. The Morgan fingerprint density at radius 1 is 0.974 bits per heavy atom. The van der Waals surface area contributed by atoms with Gasteiger partial charge in [0, 0.05) is 50.2 Å². The van der Waals surface area contributed by atoms with E-state index in [1.807, 2.05) is 55.5 Å². The van der Waals surface area contributed by atoms with Crippen molar-refractivity contribution in [3.63, 3.8) is 0 Å². The highest BCUT2D eigenvalue weighted by Crippen LogP contribution is 2.27. The second kappa shape index (κ2) is 10.6. The Hall–Kier alpha value is -4.04. The Kier molecular flexibility index (Phi) is 6.87. The van der Waals surface area contributed by atoms with E-state index in [0.29, 0.717) is 24.7 Å². The Labute approximate surface area is 227 Å². The van der Waals surface area contributed by atoms with Crippen molar-refractivity contribution in [2.75, 3.05) is 31.6 Å². The number of piperidine rings is 1. The lowest BCUT2D eigenvalue weighted by atomic mass is 10.0. The Morgan fingerprint density at radius 2 is 1.72 bits per heavy atom. The molecule has 2 aromatic carbocycles.